The van der Waals surface area contributed by atoms with Crippen molar-refractivity contribution in [3.63, 3.8) is 0 Å². The number of esters is 1. The van der Waals surface area contributed by atoms with E-state index in [4.69, 9.17) is 27.9 Å². The first-order valence-electron chi connectivity index (χ1n) is 5.78. The van der Waals surface area contributed by atoms with Crippen LogP contribution in [0.15, 0.2) is 18.2 Å². The van der Waals surface area contributed by atoms with Crippen molar-refractivity contribution >= 4 is 35.1 Å². The Bertz CT molecular complexity index is 455. The highest BCUT2D eigenvalue weighted by Gasteiger charge is 2.13. The molecule has 6 heteroatoms. The molecule has 4 nitrogen and oxygen atoms in total. The van der Waals surface area contributed by atoms with Crippen LogP contribution in [-0.2, 0) is 20.7 Å². The molecule has 0 spiro atoms. The summed E-state index contributed by atoms with van der Waals surface area (Å²) < 4.78 is 4.85. The summed E-state index contributed by atoms with van der Waals surface area (Å²) in [4.78, 5) is 22.9. The molecule has 0 radical (unpaired) electrons. The number of carbonyl (C=O) groups excluding carboxylic acids is 2. The highest BCUT2D eigenvalue weighted by atomic mass is 35.5. The number of rotatable bonds is 5. The molecule has 0 aliphatic rings. The van der Waals surface area contributed by atoms with Crippen molar-refractivity contribution in [3.8, 4) is 0 Å². The highest BCUT2D eigenvalue weighted by Crippen LogP contribution is 2.24. The maximum atomic E-state index is 11.6. The molecule has 0 saturated carbocycles. The van der Waals surface area contributed by atoms with Crippen molar-refractivity contribution in [2.45, 2.75) is 26.3 Å². The number of halogens is 2. The van der Waals surface area contributed by atoms with Gasteiger partial charge in [-0.3, -0.25) is 9.59 Å². The third kappa shape index (κ3) is 5.49. The Morgan fingerprint density at radius 1 is 1.26 bits per heavy atom. The van der Waals surface area contributed by atoms with Crippen LogP contribution < -0.4 is 5.32 Å². The summed E-state index contributed by atoms with van der Waals surface area (Å²) >= 11 is 11.9. The van der Waals surface area contributed by atoms with Gasteiger partial charge >= 0.3 is 5.97 Å². The summed E-state index contributed by atoms with van der Waals surface area (Å²) in [5, 5.41) is 3.41. The number of hydrogen-bond donors (Lipinski definition) is 1. The van der Waals surface area contributed by atoms with Crippen molar-refractivity contribution in [3.05, 3.63) is 33.8 Å². The molecule has 1 amide bonds. The van der Waals surface area contributed by atoms with Gasteiger partial charge in [0.2, 0.25) is 0 Å². The quantitative estimate of drug-likeness (QED) is 0.851. The van der Waals surface area contributed by atoms with E-state index >= 15 is 0 Å². The maximum absolute atomic E-state index is 11.6. The Hall–Kier alpha value is -1.26. The number of nitrogens with one attached hydrogen (secondary N) is 1. The standard InChI is InChI=1S/C13H15Cl2NO3/c1-8(2)16-12(17)7-19-13(18)6-9-10(14)4-3-5-11(9)15/h3-5,8H,6-7H2,1-2H3,(H,16,17). The van der Waals surface area contributed by atoms with Crippen molar-refractivity contribution in [2.75, 3.05) is 6.61 Å². The first-order valence-corrected chi connectivity index (χ1v) is 6.53. The number of ether oxygens (including phenoxy) is 1. The van der Waals surface area contributed by atoms with Crippen LogP contribution in [0.4, 0.5) is 0 Å². The van der Waals surface area contributed by atoms with Gasteiger partial charge in [0, 0.05) is 21.7 Å². The van der Waals surface area contributed by atoms with Gasteiger partial charge in [0.05, 0.1) is 6.42 Å². The summed E-state index contributed by atoms with van der Waals surface area (Å²) in [5.41, 5.74) is 0.500. The van der Waals surface area contributed by atoms with Gasteiger partial charge in [-0.2, -0.15) is 0 Å². The fourth-order valence-electron chi connectivity index (χ4n) is 1.41. The molecule has 1 N–H and O–H groups in total. The van der Waals surface area contributed by atoms with E-state index in [2.05, 4.69) is 5.32 Å². The van der Waals surface area contributed by atoms with Gasteiger partial charge in [0.1, 0.15) is 0 Å². The minimum atomic E-state index is -0.547. The van der Waals surface area contributed by atoms with Crippen LogP contribution in [0.25, 0.3) is 0 Å². The molecule has 0 aromatic heterocycles. The minimum absolute atomic E-state index is 0.00390. The lowest BCUT2D eigenvalue weighted by Crippen LogP contribution is -2.34. The van der Waals surface area contributed by atoms with Crippen LogP contribution in [0.3, 0.4) is 0 Å². The predicted molar refractivity (Wildman–Crippen MR) is 74.4 cm³/mol. The first-order chi connectivity index (χ1) is 8.90. The van der Waals surface area contributed by atoms with Gasteiger partial charge in [-0.15, -0.1) is 0 Å². The second-order valence-corrected chi connectivity index (χ2v) is 5.07. The second-order valence-electron chi connectivity index (χ2n) is 4.26. The molecule has 0 aliphatic heterocycles. The van der Waals surface area contributed by atoms with E-state index in [-0.39, 0.29) is 25.0 Å². The minimum Gasteiger partial charge on any atom is -0.455 e. The van der Waals surface area contributed by atoms with E-state index in [1.165, 1.54) is 0 Å². The normalized spacial score (nSPS) is 10.4. The molecule has 104 valence electrons. The number of hydrogen-bond acceptors (Lipinski definition) is 3. The van der Waals surface area contributed by atoms with Gasteiger partial charge in [-0.25, -0.2) is 0 Å². The first kappa shape index (κ1) is 15.8. The van der Waals surface area contributed by atoms with Gasteiger partial charge in [0.25, 0.3) is 5.91 Å². The third-order valence-electron chi connectivity index (χ3n) is 2.20. The lowest BCUT2D eigenvalue weighted by Gasteiger charge is -2.10. The largest absolute Gasteiger partial charge is 0.455 e. The van der Waals surface area contributed by atoms with Crippen molar-refractivity contribution < 1.29 is 14.3 Å². The van der Waals surface area contributed by atoms with Gasteiger partial charge in [-0.1, -0.05) is 29.3 Å². The van der Waals surface area contributed by atoms with E-state index < -0.39 is 5.97 Å². The summed E-state index contributed by atoms with van der Waals surface area (Å²) in [6.07, 6.45) is -0.0620. The number of benzene rings is 1. The Morgan fingerprint density at radius 2 is 1.84 bits per heavy atom. The second kappa shape index (κ2) is 7.36. The van der Waals surface area contributed by atoms with Crippen LogP contribution in [0.1, 0.15) is 19.4 Å². The van der Waals surface area contributed by atoms with Gasteiger partial charge < -0.3 is 10.1 Å². The Kier molecular flexibility index (Phi) is 6.12. The van der Waals surface area contributed by atoms with Crippen LogP contribution in [0.5, 0.6) is 0 Å². The molecular weight excluding hydrogens is 289 g/mol. The summed E-state index contributed by atoms with van der Waals surface area (Å²) in [6, 6.07) is 4.97. The molecule has 0 bridgehead atoms. The third-order valence-corrected chi connectivity index (χ3v) is 2.90. The molecule has 1 aromatic carbocycles. The topological polar surface area (TPSA) is 55.4 Å². The van der Waals surface area contributed by atoms with E-state index in [1.807, 2.05) is 13.8 Å². The van der Waals surface area contributed by atoms with Crippen LogP contribution in [-0.4, -0.2) is 24.5 Å². The van der Waals surface area contributed by atoms with E-state index in [0.717, 1.165) is 0 Å². The van der Waals surface area contributed by atoms with E-state index in [1.54, 1.807) is 18.2 Å². The highest BCUT2D eigenvalue weighted by molar-refractivity contribution is 6.36. The average Bonchev–Trinajstić information content (AvgIpc) is 2.30. The molecule has 0 unspecified atom stereocenters. The Morgan fingerprint density at radius 3 is 2.37 bits per heavy atom. The molecule has 1 rings (SSSR count). The number of carbonyl (C=O) groups is 2. The lowest BCUT2D eigenvalue weighted by molar-refractivity contribution is -0.148. The summed E-state index contributed by atoms with van der Waals surface area (Å²) in [5.74, 6) is -0.887. The van der Waals surface area contributed by atoms with Crippen molar-refractivity contribution in [1.29, 1.82) is 0 Å². The molecule has 0 atom stereocenters. The molecule has 0 heterocycles. The molecule has 1 aromatic rings. The molecular formula is C13H15Cl2NO3. The summed E-state index contributed by atoms with van der Waals surface area (Å²) in [6.45, 7) is 3.34. The van der Waals surface area contributed by atoms with Gasteiger partial charge in [-0.05, 0) is 26.0 Å². The van der Waals surface area contributed by atoms with Crippen LogP contribution >= 0.6 is 23.2 Å². The monoisotopic (exact) mass is 303 g/mol. The van der Waals surface area contributed by atoms with Crippen molar-refractivity contribution in [2.24, 2.45) is 0 Å². The lowest BCUT2D eigenvalue weighted by atomic mass is 10.1. The predicted octanol–water partition coefficient (Wildman–Crippen LogP) is 2.60. The average molecular weight is 304 g/mol. The van der Waals surface area contributed by atoms with Crippen molar-refractivity contribution in [1.82, 2.24) is 5.32 Å². The van der Waals surface area contributed by atoms with E-state index in [0.29, 0.717) is 15.6 Å². The Labute approximate surface area is 122 Å². The zero-order valence-corrected chi connectivity index (χ0v) is 12.2. The smallest absolute Gasteiger partial charge is 0.310 e. The molecule has 0 saturated heterocycles. The van der Waals surface area contributed by atoms with Crippen LogP contribution in [0.2, 0.25) is 10.0 Å². The summed E-state index contributed by atoms with van der Waals surface area (Å²) in [7, 11) is 0. The fraction of sp³-hybridized carbons (Fsp3) is 0.385. The zero-order chi connectivity index (χ0) is 14.4. The van der Waals surface area contributed by atoms with Gasteiger partial charge in [0.15, 0.2) is 6.61 Å². The fourth-order valence-corrected chi connectivity index (χ4v) is 1.94. The van der Waals surface area contributed by atoms with Crippen LogP contribution in [0, 0.1) is 0 Å². The molecule has 19 heavy (non-hydrogen) atoms. The Balaban J connectivity index is 2.50. The molecule has 0 fully saturated rings. The zero-order valence-electron chi connectivity index (χ0n) is 10.7. The molecule has 0 aliphatic carbocycles. The maximum Gasteiger partial charge on any atom is 0.310 e. The SMILES string of the molecule is CC(C)NC(=O)COC(=O)Cc1c(Cl)cccc1Cl. The van der Waals surface area contributed by atoms with E-state index in [9.17, 15) is 9.59 Å². The number of amides is 1.